The van der Waals surface area contributed by atoms with Crippen molar-refractivity contribution >= 4 is 5.97 Å². The largest absolute Gasteiger partial charge is 0.463 e. The van der Waals surface area contributed by atoms with Crippen LogP contribution in [-0.4, -0.2) is 57.9 Å². The Labute approximate surface area is 187 Å². The Morgan fingerprint density at radius 1 is 0.871 bits per heavy atom. The fraction of sp³-hybridized carbons (Fsp3) is 0.560. The van der Waals surface area contributed by atoms with Crippen LogP contribution in [0.3, 0.4) is 0 Å². The second kappa shape index (κ2) is 21.2. The number of carbonyl (C=O) groups excluding carboxylic acids is 1. The van der Waals surface area contributed by atoms with Gasteiger partial charge in [-0.2, -0.15) is 0 Å². The summed E-state index contributed by atoms with van der Waals surface area (Å²) in [5.41, 5.74) is 0. The van der Waals surface area contributed by atoms with Crippen molar-refractivity contribution in [3.8, 4) is 0 Å². The van der Waals surface area contributed by atoms with E-state index in [0.717, 1.165) is 25.7 Å². The van der Waals surface area contributed by atoms with E-state index in [2.05, 4.69) is 6.92 Å². The van der Waals surface area contributed by atoms with Crippen LogP contribution in [0.4, 0.5) is 0 Å². The van der Waals surface area contributed by atoms with Gasteiger partial charge >= 0.3 is 5.97 Å². The molecule has 176 valence electrons. The van der Waals surface area contributed by atoms with Crippen LogP contribution in [0.1, 0.15) is 58.3 Å². The highest BCUT2D eigenvalue weighted by molar-refractivity contribution is 5.69. The maximum atomic E-state index is 11.4. The van der Waals surface area contributed by atoms with Crippen molar-refractivity contribution < 1.29 is 30.0 Å². The number of aliphatic hydroxyl groups excluding tert-OH is 4. The molecular formula is C25H40O6. The monoisotopic (exact) mass is 436 g/mol. The van der Waals surface area contributed by atoms with Gasteiger partial charge in [-0.05, 0) is 32.1 Å². The summed E-state index contributed by atoms with van der Waals surface area (Å²) in [6.07, 6.45) is 22.5. The highest BCUT2D eigenvalue weighted by atomic mass is 16.5. The standard InChI is InChI=1S/C25H40O6/c1-2-3-10-15-22(27)16-11-7-5-4-6-8-12-17-23(28)18-13-9-14-19-25(30)31-21-24(29)20-26/h3,5-8,10-12,16-17,22-24,26-29H,2,4,9,13-15,18-21H2,1H3/b7-5-,8-6-,10-3-,16-11+,17-12+. The molecule has 0 fully saturated rings. The molecule has 6 heteroatoms. The van der Waals surface area contributed by atoms with Crippen LogP contribution in [0.5, 0.6) is 0 Å². The average molecular weight is 437 g/mol. The summed E-state index contributed by atoms with van der Waals surface area (Å²) in [5.74, 6) is -0.386. The molecule has 31 heavy (non-hydrogen) atoms. The number of rotatable bonds is 18. The van der Waals surface area contributed by atoms with Gasteiger partial charge in [-0.3, -0.25) is 4.79 Å². The Hall–Kier alpha value is -1.99. The number of aliphatic hydroxyl groups is 4. The fourth-order valence-electron chi connectivity index (χ4n) is 2.47. The normalized spacial score (nSPS) is 15.6. The van der Waals surface area contributed by atoms with E-state index in [4.69, 9.17) is 14.9 Å². The number of esters is 1. The zero-order valence-corrected chi connectivity index (χ0v) is 18.7. The van der Waals surface area contributed by atoms with E-state index >= 15 is 0 Å². The van der Waals surface area contributed by atoms with Crippen LogP contribution >= 0.6 is 0 Å². The van der Waals surface area contributed by atoms with Crippen LogP contribution in [0, 0.1) is 0 Å². The molecule has 4 N–H and O–H groups in total. The van der Waals surface area contributed by atoms with Gasteiger partial charge in [0.2, 0.25) is 0 Å². The number of ether oxygens (including phenoxy) is 1. The molecule has 0 aliphatic heterocycles. The summed E-state index contributed by atoms with van der Waals surface area (Å²) in [5, 5.41) is 37.4. The van der Waals surface area contributed by atoms with E-state index in [1.165, 1.54) is 0 Å². The number of allylic oxidation sites excluding steroid dienone is 7. The van der Waals surface area contributed by atoms with E-state index in [1.54, 1.807) is 12.2 Å². The molecule has 0 heterocycles. The minimum atomic E-state index is -1.02. The van der Waals surface area contributed by atoms with Crippen molar-refractivity contribution in [2.45, 2.75) is 76.6 Å². The minimum Gasteiger partial charge on any atom is -0.463 e. The summed E-state index contributed by atoms with van der Waals surface area (Å²) in [6, 6.07) is 0. The second-order valence-corrected chi connectivity index (χ2v) is 7.23. The fourth-order valence-corrected chi connectivity index (χ4v) is 2.47. The smallest absolute Gasteiger partial charge is 0.305 e. The number of unbranched alkanes of at least 4 members (excludes halogenated alkanes) is 2. The molecule has 0 aromatic heterocycles. The highest BCUT2D eigenvalue weighted by Gasteiger charge is 2.07. The molecule has 0 amide bonds. The third kappa shape index (κ3) is 21.0. The summed E-state index contributed by atoms with van der Waals surface area (Å²) < 4.78 is 4.82. The number of carbonyl (C=O) groups is 1. The predicted molar refractivity (Wildman–Crippen MR) is 124 cm³/mol. The van der Waals surface area contributed by atoms with E-state index < -0.39 is 24.9 Å². The van der Waals surface area contributed by atoms with Crippen molar-refractivity contribution in [3.63, 3.8) is 0 Å². The molecule has 0 saturated heterocycles. The van der Waals surface area contributed by atoms with Crippen LogP contribution < -0.4 is 0 Å². The molecule has 0 aliphatic carbocycles. The minimum absolute atomic E-state index is 0.182. The van der Waals surface area contributed by atoms with Crippen LogP contribution in [0.25, 0.3) is 0 Å². The van der Waals surface area contributed by atoms with Gasteiger partial charge in [0.05, 0.1) is 18.8 Å². The summed E-state index contributed by atoms with van der Waals surface area (Å²) >= 11 is 0. The molecule has 6 nitrogen and oxygen atoms in total. The second-order valence-electron chi connectivity index (χ2n) is 7.23. The molecule has 0 saturated carbocycles. The van der Waals surface area contributed by atoms with Crippen molar-refractivity contribution in [1.29, 1.82) is 0 Å². The number of hydrogen-bond donors (Lipinski definition) is 4. The topological polar surface area (TPSA) is 107 Å². The zero-order valence-electron chi connectivity index (χ0n) is 18.7. The van der Waals surface area contributed by atoms with Crippen molar-refractivity contribution in [1.82, 2.24) is 0 Å². The predicted octanol–water partition coefficient (Wildman–Crippen LogP) is 3.53. The zero-order chi connectivity index (χ0) is 23.2. The van der Waals surface area contributed by atoms with Crippen molar-refractivity contribution in [3.05, 3.63) is 60.8 Å². The lowest BCUT2D eigenvalue weighted by atomic mass is 10.1. The lowest BCUT2D eigenvalue weighted by Gasteiger charge is -2.08. The van der Waals surface area contributed by atoms with Gasteiger partial charge in [0, 0.05) is 6.42 Å². The third-order valence-electron chi connectivity index (χ3n) is 4.24. The molecule has 3 unspecified atom stereocenters. The Morgan fingerprint density at radius 3 is 2.19 bits per heavy atom. The molecule has 0 spiro atoms. The van der Waals surface area contributed by atoms with E-state index in [1.807, 2.05) is 48.6 Å². The van der Waals surface area contributed by atoms with Gasteiger partial charge in [0.15, 0.2) is 0 Å². The maximum Gasteiger partial charge on any atom is 0.305 e. The lowest BCUT2D eigenvalue weighted by Crippen LogP contribution is -2.21. The van der Waals surface area contributed by atoms with Crippen molar-refractivity contribution in [2.24, 2.45) is 0 Å². The van der Waals surface area contributed by atoms with Gasteiger partial charge < -0.3 is 25.2 Å². The van der Waals surface area contributed by atoms with Gasteiger partial charge in [-0.15, -0.1) is 0 Å². The molecule has 0 rings (SSSR count). The summed E-state index contributed by atoms with van der Waals surface area (Å²) in [6.45, 7) is 1.45. The van der Waals surface area contributed by atoms with Gasteiger partial charge in [-0.1, -0.05) is 80.5 Å². The molecule has 0 bridgehead atoms. The molecule has 3 atom stereocenters. The van der Waals surface area contributed by atoms with Gasteiger partial charge in [0.25, 0.3) is 0 Å². The first-order valence-corrected chi connectivity index (χ1v) is 11.1. The lowest BCUT2D eigenvalue weighted by molar-refractivity contribution is -0.147. The van der Waals surface area contributed by atoms with Crippen molar-refractivity contribution in [2.75, 3.05) is 13.2 Å². The summed E-state index contributed by atoms with van der Waals surface area (Å²) in [7, 11) is 0. The molecule has 0 aromatic rings. The Morgan fingerprint density at radius 2 is 1.55 bits per heavy atom. The summed E-state index contributed by atoms with van der Waals surface area (Å²) in [4.78, 5) is 11.4. The van der Waals surface area contributed by atoms with Crippen LogP contribution in [0.2, 0.25) is 0 Å². The first-order valence-electron chi connectivity index (χ1n) is 11.1. The molecule has 0 aliphatic rings. The van der Waals surface area contributed by atoms with Gasteiger partial charge in [-0.25, -0.2) is 0 Å². The molecule has 0 radical (unpaired) electrons. The third-order valence-corrected chi connectivity index (χ3v) is 4.24. The molecule has 0 aromatic carbocycles. The van der Waals surface area contributed by atoms with E-state index in [-0.39, 0.29) is 19.0 Å². The number of hydrogen-bond acceptors (Lipinski definition) is 6. The Balaban J connectivity index is 3.76. The van der Waals surface area contributed by atoms with Gasteiger partial charge in [0.1, 0.15) is 12.7 Å². The van der Waals surface area contributed by atoms with Crippen LogP contribution in [0.15, 0.2) is 60.8 Å². The average Bonchev–Trinajstić information content (AvgIpc) is 2.76. The van der Waals surface area contributed by atoms with E-state index in [0.29, 0.717) is 19.3 Å². The Kier molecular flexibility index (Phi) is 19.9. The first-order chi connectivity index (χ1) is 15.0. The Bertz CT molecular complexity index is 577. The quantitative estimate of drug-likeness (QED) is 0.113. The first kappa shape index (κ1) is 29.0. The van der Waals surface area contributed by atoms with E-state index in [9.17, 15) is 15.0 Å². The van der Waals surface area contributed by atoms with Crippen LogP contribution in [-0.2, 0) is 9.53 Å². The SMILES string of the molecule is CC/C=C\CC(O)/C=C/C=C\C/C=C\C=C\C(O)CCCCCC(=O)OCC(O)CO. The maximum absolute atomic E-state index is 11.4. The molecular weight excluding hydrogens is 396 g/mol. The highest BCUT2D eigenvalue weighted by Crippen LogP contribution is 2.08.